The molecule has 2 aromatic rings. The average molecular weight is 323 g/mol. The lowest BCUT2D eigenvalue weighted by Crippen LogP contribution is -1.91. The molecule has 0 amide bonds. The average Bonchev–Trinajstić information content (AvgIpc) is 2.46. The fourth-order valence-electron chi connectivity index (χ4n) is 1.53. The first kappa shape index (κ1) is 17.4. The molecule has 0 fully saturated rings. The first-order valence-electron chi connectivity index (χ1n) is 5.85. The fraction of sp³-hybridized carbons (Fsp3) is 0.0769. The van der Waals surface area contributed by atoms with Crippen LogP contribution >= 0.6 is 0 Å². The molecule has 0 aromatic heterocycles. The molecule has 0 unspecified atom stereocenters. The van der Waals surface area contributed by atoms with Crippen LogP contribution in [-0.4, -0.2) is 24.6 Å². The molecule has 116 valence electrons. The topological polar surface area (TPSA) is 130 Å². The summed E-state index contributed by atoms with van der Waals surface area (Å²) in [6.07, 6.45) is 0. The molecule has 2 rings (SSSR count). The lowest BCUT2D eigenvalue weighted by molar-refractivity contribution is 0.352. The summed E-state index contributed by atoms with van der Waals surface area (Å²) in [6.45, 7) is 0. The predicted molar refractivity (Wildman–Crippen MR) is 79.0 cm³/mol. The molecular formula is C13H13N3O5S. The SMILES string of the molecule is COc1cc(Nc2ccccc2)ccc1[N+]#N.O=S(=O)([O-])[O-].[H+]. The van der Waals surface area contributed by atoms with Crippen LogP contribution < -0.4 is 10.1 Å². The number of diazo groups is 1. The van der Waals surface area contributed by atoms with Crippen LogP contribution in [0.15, 0.2) is 48.5 Å². The maximum absolute atomic E-state index is 8.75. The Bertz CT molecular complexity index is 755. The Morgan fingerprint density at radius 2 is 1.73 bits per heavy atom. The van der Waals surface area contributed by atoms with Gasteiger partial charge in [0, 0.05) is 33.9 Å². The van der Waals surface area contributed by atoms with Crippen molar-refractivity contribution in [2.24, 2.45) is 0 Å². The number of hydrogen-bond donors (Lipinski definition) is 1. The van der Waals surface area contributed by atoms with E-state index in [-0.39, 0.29) is 1.43 Å². The van der Waals surface area contributed by atoms with Crippen molar-refractivity contribution in [1.82, 2.24) is 0 Å². The number of methoxy groups -OCH3 is 1. The summed E-state index contributed by atoms with van der Waals surface area (Å²) in [5.74, 6) is 0.522. The van der Waals surface area contributed by atoms with E-state index in [0.717, 1.165) is 11.4 Å². The first-order chi connectivity index (χ1) is 10.3. The molecule has 0 heterocycles. The molecule has 0 radical (unpaired) electrons. The lowest BCUT2D eigenvalue weighted by atomic mass is 10.2. The van der Waals surface area contributed by atoms with Crippen molar-refractivity contribution in [1.29, 1.82) is 5.39 Å². The van der Waals surface area contributed by atoms with E-state index in [1.165, 1.54) is 7.11 Å². The highest BCUT2D eigenvalue weighted by Gasteiger charge is 2.14. The van der Waals surface area contributed by atoms with Crippen molar-refractivity contribution in [3.8, 4) is 5.75 Å². The largest absolute Gasteiger partial charge is 1.00 e. The third-order valence-corrected chi connectivity index (χ3v) is 2.35. The maximum Gasteiger partial charge on any atom is 1.00 e. The van der Waals surface area contributed by atoms with Gasteiger partial charge < -0.3 is 19.2 Å². The third-order valence-electron chi connectivity index (χ3n) is 2.35. The Balaban J connectivity index is 0.000000709. The van der Waals surface area contributed by atoms with Gasteiger partial charge in [0.05, 0.1) is 7.11 Å². The molecule has 0 aliphatic rings. The van der Waals surface area contributed by atoms with Crippen LogP contribution in [0.1, 0.15) is 1.43 Å². The number of nitrogens with one attached hydrogen (secondary N) is 1. The number of rotatable bonds is 3. The fourth-order valence-corrected chi connectivity index (χ4v) is 1.53. The third kappa shape index (κ3) is 6.67. The Labute approximate surface area is 129 Å². The van der Waals surface area contributed by atoms with E-state index >= 15 is 0 Å². The summed E-state index contributed by atoms with van der Waals surface area (Å²) < 4.78 is 39.2. The summed E-state index contributed by atoms with van der Waals surface area (Å²) in [4.78, 5) is 3.14. The van der Waals surface area contributed by atoms with Gasteiger partial charge in [-0.1, -0.05) is 18.2 Å². The number of nitrogens with zero attached hydrogens (tertiary/aromatic N) is 2. The van der Waals surface area contributed by atoms with Crippen molar-refractivity contribution in [3.05, 3.63) is 53.5 Å². The summed E-state index contributed by atoms with van der Waals surface area (Å²) in [6, 6.07) is 15.1. The summed E-state index contributed by atoms with van der Waals surface area (Å²) >= 11 is 0. The number of benzene rings is 2. The van der Waals surface area contributed by atoms with E-state index in [9.17, 15) is 0 Å². The van der Waals surface area contributed by atoms with Crippen LogP contribution in [0.5, 0.6) is 5.75 Å². The standard InChI is InChI=1S/C13H12N3O.H2O4S/c1-17-13-9-11(7-8-12(13)16-14)15-10-5-3-2-4-6-10;1-5(2,3)4/h2-9,15H,1H3;(H2,1,2,3,4)/q+1;/p-1. The van der Waals surface area contributed by atoms with Gasteiger partial charge >= 0.3 is 7.11 Å². The number of ether oxygens (including phenoxy) is 1. The molecule has 0 aliphatic carbocycles. The normalized spacial score (nSPS) is 9.91. The van der Waals surface area contributed by atoms with E-state index < -0.39 is 10.4 Å². The van der Waals surface area contributed by atoms with E-state index in [1.807, 2.05) is 36.4 Å². The van der Waals surface area contributed by atoms with Crippen molar-refractivity contribution in [2.45, 2.75) is 0 Å². The van der Waals surface area contributed by atoms with Crippen LogP contribution in [0.4, 0.5) is 17.1 Å². The Hall–Kier alpha value is -2.67. The van der Waals surface area contributed by atoms with Gasteiger partial charge in [-0.15, -0.1) is 0 Å². The lowest BCUT2D eigenvalue weighted by Gasteiger charge is -2.06. The summed E-state index contributed by atoms with van der Waals surface area (Å²) in [5, 5.41) is 12.0. The van der Waals surface area contributed by atoms with Crippen molar-refractivity contribution >= 4 is 27.5 Å². The summed E-state index contributed by atoms with van der Waals surface area (Å²) in [7, 11) is -3.63. The molecule has 0 atom stereocenters. The highest BCUT2D eigenvalue weighted by Crippen LogP contribution is 2.31. The molecular weight excluding hydrogens is 310 g/mol. The molecule has 0 spiro atoms. The van der Waals surface area contributed by atoms with Gasteiger partial charge in [0.25, 0.3) is 0 Å². The number of para-hydroxylation sites is 1. The highest BCUT2D eigenvalue weighted by molar-refractivity contribution is 7.79. The van der Waals surface area contributed by atoms with E-state index in [1.54, 1.807) is 12.1 Å². The highest BCUT2D eigenvalue weighted by atomic mass is 32.3. The van der Waals surface area contributed by atoms with Crippen molar-refractivity contribution in [3.63, 3.8) is 0 Å². The molecule has 9 heteroatoms. The Kier molecular flexibility index (Phi) is 6.27. The second-order valence-electron chi connectivity index (χ2n) is 3.89. The smallest absolute Gasteiger partial charge is 0.759 e. The van der Waals surface area contributed by atoms with Crippen LogP contribution in [0.25, 0.3) is 4.98 Å². The zero-order chi connectivity index (χ0) is 16.6. The minimum atomic E-state index is -5.17. The van der Waals surface area contributed by atoms with Crippen LogP contribution in [0.2, 0.25) is 0 Å². The molecule has 0 aliphatic heterocycles. The van der Waals surface area contributed by atoms with Crippen LogP contribution in [0.3, 0.4) is 0 Å². The van der Waals surface area contributed by atoms with E-state index in [4.69, 9.17) is 27.7 Å². The zero-order valence-corrected chi connectivity index (χ0v) is 12.3. The number of hydrogen-bond acceptors (Lipinski definition) is 7. The number of anilines is 2. The molecule has 0 saturated carbocycles. The minimum absolute atomic E-state index is 0. The molecule has 22 heavy (non-hydrogen) atoms. The maximum atomic E-state index is 8.75. The van der Waals surface area contributed by atoms with Gasteiger partial charge in [-0.3, -0.25) is 8.42 Å². The monoisotopic (exact) mass is 323 g/mol. The molecule has 0 bridgehead atoms. The molecule has 1 N–H and O–H groups in total. The van der Waals surface area contributed by atoms with Gasteiger partial charge in [0.1, 0.15) is 0 Å². The molecule has 8 nitrogen and oxygen atoms in total. The Morgan fingerprint density at radius 1 is 1.14 bits per heavy atom. The van der Waals surface area contributed by atoms with Crippen LogP contribution in [-0.2, 0) is 10.4 Å². The second-order valence-corrected chi connectivity index (χ2v) is 4.70. The predicted octanol–water partition coefficient (Wildman–Crippen LogP) is 2.70. The van der Waals surface area contributed by atoms with Crippen molar-refractivity contribution in [2.75, 3.05) is 12.4 Å². The van der Waals surface area contributed by atoms with Gasteiger partial charge in [0.15, 0.2) is 4.98 Å². The second kappa shape index (κ2) is 7.94. The minimum Gasteiger partial charge on any atom is -0.759 e. The molecule has 2 aromatic carbocycles. The van der Waals surface area contributed by atoms with Gasteiger partial charge in [0.2, 0.25) is 11.1 Å². The van der Waals surface area contributed by atoms with Gasteiger partial charge in [-0.25, -0.2) is 0 Å². The van der Waals surface area contributed by atoms with Gasteiger partial charge in [-0.05, 0) is 18.2 Å². The van der Waals surface area contributed by atoms with E-state index in [2.05, 4.69) is 10.3 Å². The Morgan fingerprint density at radius 3 is 2.23 bits per heavy atom. The molecule has 0 saturated heterocycles. The quantitative estimate of drug-likeness (QED) is 0.522. The van der Waals surface area contributed by atoms with Crippen LogP contribution in [0, 0.1) is 5.39 Å². The van der Waals surface area contributed by atoms with E-state index in [0.29, 0.717) is 11.4 Å². The summed E-state index contributed by atoms with van der Waals surface area (Å²) in [5.41, 5.74) is 2.27. The first-order valence-corrected chi connectivity index (χ1v) is 7.18. The van der Waals surface area contributed by atoms with Crippen molar-refractivity contribution < 1.29 is 23.7 Å². The zero-order valence-electron chi connectivity index (χ0n) is 12.5. The van der Waals surface area contributed by atoms with Gasteiger partial charge in [-0.2, -0.15) is 0 Å².